The van der Waals surface area contributed by atoms with Crippen LogP contribution in [0.4, 0.5) is 0 Å². The van der Waals surface area contributed by atoms with Gasteiger partial charge in [0.15, 0.2) is 16.7 Å². The minimum atomic E-state index is -0.0993. The summed E-state index contributed by atoms with van der Waals surface area (Å²) in [6.45, 7) is 2.78. The SMILES string of the molecule is CC[C@@H](c1nnc(SCC(=O)c2cc3cc(Cl)ccc3o2)n1Cc1ccccc1)N(C)C. The average Bonchev–Trinajstić information content (AvgIpc) is 3.37. The highest BCUT2D eigenvalue weighted by molar-refractivity contribution is 7.99. The molecule has 2 aromatic carbocycles. The van der Waals surface area contributed by atoms with Crippen molar-refractivity contribution < 1.29 is 9.21 Å². The van der Waals surface area contributed by atoms with Crippen molar-refractivity contribution in [3.63, 3.8) is 0 Å². The van der Waals surface area contributed by atoms with Crippen LogP contribution in [0.5, 0.6) is 0 Å². The summed E-state index contributed by atoms with van der Waals surface area (Å²) in [7, 11) is 4.08. The van der Waals surface area contributed by atoms with Crippen molar-refractivity contribution in [2.24, 2.45) is 0 Å². The van der Waals surface area contributed by atoms with E-state index in [9.17, 15) is 4.79 Å². The molecule has 166 valence electrons. The van der Waals surface area contributed by atoms with Gasteiger partial charge in [-0.25, -0.2) is 0 Å². The Bertz CT molecular complexity index is 1220. The molecule has 4 aromatic rings. The summed E-state index contributed by atoms with van der Waals surface area (Å²) in [5, 5.41) is 11.1. The minimum absolute atomic E-state index is 0.0993. The van der Waals surface area contributed by atoms with E-state index in [1.165, 1.54) is 11.8 Å². The number of halogens is 1. The van der Waals surface area contributed by atoms with E-state index in [0.29, 0.717) is 22.9 Å². The van der Waals surface area contributed by atoms with E-state index < -0.39 is 0 Å². The molecule has 0 radical (unpaired) electrons. The summed E-state index contributed by atoms with van der Waals surface area (Å²) in [5.41, 5.74) is 1.80. The van der Waals surface area contributed by atoms with Gasteiger partial charge in [0.25, 0.3) is 0 Å². The van der Waals surface area contributed by atoms with E-state index in [0.717, 1.165) is 28.4 Å². The maximum atomic E-state index is 12.8. The Hall–Kier alpha value is -2.61. The van der Waals surface area contributed by atoms with Gasteiger partial charge in [-0.2, -0.15) is 0 Å². The molecule has 0 aliphatic heterocycles. The Balaban J connectivity index is 1.57. The van der Waals surface area contributed by atoms with Gasteiger partial charge in [-0.05, 0) is 50.3 Å². The molecule has 2 heterocycles. The highest BCUT2D eigenvalue weighted by atomic mass is 35.5. The van der Waals surface area contributed by atoms with Crippen molar-refractivity contribution in [1.82, 2.24) is 19.7 Å². The first-order valence-corrected chi connectivity index (χ1v) is 11.8. The normalized spacial score (nSPS) is 12.5. The molecule has 1 atom stereocenters. The van der Waals surface area contributed by atoms with Gasteiger partial charge in [0.05, 0.1) is 18.3 Å². The lowest BCUT2D eigenvalue weighted by Gasteiger charge is -2.23. The van der Waals surface area contributed by atoms with E-state index in [-0.39, 0.29) is 17.6 Å². The summed E-state index contributed by atoms with van der Waals surface area (Å²) in [6, 6.07) is 17.4. The zero-order chi connectivity index (χ0) is 22.7. The van der Waals surface area contributed by atoms with Crippen molar-refractivity contribution in [1.29, 1.82) is 0 Å². The molecule has 0 saturated heterocycles. The number of carbonyl (C=O) groups is 1. The second-order valence-electron chi connectivity index (χ2n) is 7.80. The van der Waals surface area contributed by atoms with E-state index >= 15 is 0 Å². The van der Waals surface area contributed by atoms with Crippen LogP contribution in [-0.4, -0.2) is 45.3 Å². The summed E-state index contributed by atoms with van der Waals surface area (Å²) in [6.07, 6.45) is 0.908. The number of hydrogen-bond acceptors (Lipinski definition) is 6. The fraction of sp³-hybridized carbons (Fsp3) is 0.292. The summed E-state index contributed by atoms with van der Waals surface area (Å²) >= 11 is 7.42. The van der Waals surface area contributed by atoms with Gasteiger partial charge in [-0.3, -0.25) is 9.69 Å². The Morgan fingerprint density at radius 2 is 1.94 bits per heavy atom. The van der Waals surface area contributed by atoms with Crippen LogP contribution in [0.3, 0.4) is 0 Å². The lowest BCUT2D eigenvalue weighted by molar-refractivity contribution is 0.0994. The van der Waals surface area contributed by atoms with Crippen LogP contribution in [0.25, 0.3) is 11.0 Å². The Labute approximate surface area is 196 Å². The van der Waals surface area contributed by atoms with Gasteiger partial charge in [-0.15, -0.1) is 10.2 Å². The van der Waals surface area contributed by atoms with Crippen molar-refractivity contribution >= 4 is 40.1 Å². The van der Waals surface area contributed by atoms with Gasteiger partial charge < -0.3 is 8.98 Å². The lowest BCUT2D eigenvalue weighted by atomic mass is 10.2. The van der Waals surface area contributed by atoms with Crippen molar-refractivity contribution in [2.45, 2.75) is 31.1 Å². The predicted octanol–water partition coefficient (Wildman–Crippen LogP) is 5.71. The Kier molecular flexibility index (Phi) is 6.98. The Morgan fingerprint density at radius 3 is 2.66 bits per heavy atom. The first-order valence-electron chi connectivity index (χ1n) is 10.4. The average molecular weight is 469 g/mol. The number of benzene rings is 2. The van der Waals surface area contributed by atoms with Gasteiger partial charge in [0, 0.05) is 10.4 Å². The number of aromatic nitrogens is 3. The summed E-state index contributed by atoms with van der Waals surface area (Å²) in [5.74, 6) is 1.33. The molecule has 4 rings (SSSR count). The highest BCUT2D eigenvalue weighted by Crippen LogP contribution is 2.28. The minimum Gasteiger partial charge on any atom is -0.453 e. The first-order chi connectivity index (χ1) is 15.5. The predicted molar refractivity (Wildman–Crippen MR) is 129 cm³/mol. The molecule has 32 heavy (non-hydrogen) atoms. The quantitative estimate of drug-likeness (QED) is 0.231. The Morgan fingerprint density at radius 1 is 1.16 bits per heavy atom. The summed E-state index contributed by atoms with van der Waals surface area (Å²) in [4.78, 5) is 15.0. The smallest absolute Gasteiger partial charge is 0.208 e. The molecular weight excluding hydrogens is 444 g/mol. The molecular formula is C24H25ClN4O2S. The maximum Gasteiger partial charge on any atom is 0.208 e. The van der Waals surface area contributed by atoms with E-state index in [4.69, 9.17) is 16.0 Å². The van der Waals surface area contributed by atoms with Crippen LogP contribution < -0.4 is 0 Å². The van der Waals surface area contributed by atoms with Crippen LogP contribution in [0.1, 0.15) is 41.3 Å². The molecule has 8 heteroatoms. The monoisotopic (exact) mass is 468 g/mol. The molecule has 6 nitrogen and oxygen atoms in total. The van der Waals surface area contributed by atoms with E-state index in [1.54, 1.807) is 24.3 Å². The number of nitrogens with zero attached hydrogens (tertiary/aromatic N) is 4. The van der Waals surface area contributed by atoms with E-state index in [2.05, 4.69) is 38.7 Å². The third-order valence-electron chi connectivity index (χ3n) is 5.32. The first kappa shape index (κ1) is 22.6. The van der Waals surface area contributed by atoms with Crippen LogP contribution in [-0.2, 0) is 6.54 Å². The number of thioether (sulfide) groups is 1. The van der Waals surface area contributed by atoms with Crippen LogP contribution in [0.2, 0.25) is 5.02 Å². The number of hydrogen-bond donors (Lipinski definition) is 0. The molecule has 0 amide bonds. The molecule has 0 N–H and O–H groups in total. The maximum absolute atomic E-state index is 12.8. The van der Waals surface area contributed by atoms with Gasteiger partial charge >= 0.3 is 0 Å². The van der Waals surface area contributed by atoms with E-state index in [1.807, 2.05) is 32.3 Å². The number of rotatable bonds is 9. The standard InChI is InChI=1S/C24H25ClN4O2S/c1-4-19(28(2)3)23-26-27-24(29(23)14-16-8-6-5-7-9-16)32-15-20(30)22-13-17-12-18(25)10-11-21(17)31-22/h5-13,19H,4,14-15H2,1-3H3/t19-/m0/s1. The van der Waals surface area contributed by atoms with Crippen LogP contribution >= 0.6 is 23.4 Å². The molecule has 0 aliphatic rings. The third kappa shape index (κ3) is 4.90. The number of furan rings is 1. The molecule has 0 aliphatic carbocycles. The number of fused-ring (bicyclic) bond motifs is 1. The van der Waals surface area contributed by atoms with Crippen molar-refractivity contribution in [2.75, 3.05) is 19.8 Å². The molecule has 0 saturated carbocycles. The second kappa shape index (κ2) is 9.90. The van der Waals surface area contributed by atoms with Gasteiger partial charge in [0.1, 0.15) is 5.58 Å². The summed E-state index contributed by atoms with van der Waals surface area (Å²) < 4.78 is 7.83. The zero-order valence-electron chi connectivity index (χ0n) is 18.3. The highest BCUT2D eigenvalue weighted by Gasteiger charge is 2.23. The number of ketones is 1. The fourth-order valence-corrected chi connectivity index (χ4v) is 4.69. The van der Waals surface area contributed by atoms with Crippen LogP contribution in [0, 0.1) is 0 Å². The largest absolute Gasteiger partial charge is 0.453 e. The lowest BCUT2D eigenvalue weighted by Crippen LogP contribution is -2.23. The third-order valence-corrected chi connectivity index (χ3v) is 6.52. The van der Waals surface area contributed by atoms with Crippen molar-refractivity contribution in [3.05, 3.63) is 76.8 Å². The molecule has 2 aromatic heterocycles. The second-order valence-corrected chi connectivity index (χ2v) is 9.18. The molecule has 0 fully saturated rings. The molecule has 0 unspecified atom stereocenters. The zero-order valence-corrected chi connectivity index (χ0v) is 19.9. The van der Waals surface area contributed by atoms with Crippen LogP contribution in [0.15, 0.2) is 64.2 Å². The molecule has 0 spiro atoms. The van der Waals surface area contributed by atoms with Crippen molar-refractivity contribution in [3.8, 4) is 0 Å². The number of Topliss-reactive ketones (excluding diaryl/α,β-unsaturated/α-hetero) is 1. The molecule has 0 bridgehead atoms. The number of carbonyl (C=O) groups excluding carboxylic acids is 1. The topological polar surface area (TPSA) is 64.2 Å². The fourth-order valence-electron chi connectivity index (χ4n) is 3.70. The van der Waals surface area contributed by atoms with Gasteiger partial charge in [0.2, 0.25) is 5.78 Å². The van der Waals surface area contributed by atoms with Gasteiger partial charge in [-0.1, -0.05) is 60.6 Å².